The molecule has 0 rings (SSSR count). The molecule has 0 aromatic rings. The number of unbranched alkanes of at least 4 members (excludes halogenated alkanes) is 3. The predicted molar refractivity (Wildman–Crippen MR) is 53.4 cm³/mol. The number of rotatable bonds is 8. The summed E-state index contributed by atoms with van der Waals surface area (Å²) >= 11 is -1.02. The average molecular weight is 192 g/mol. The van der Waals surface area contributed by atoms with Crippen LogP contribution < -0.4 is 0 Å². The fraction of sp³-hybridized carbons (Fsp3) is 1.00. The van der Waals surface area contributed by atoms with Crippen LogP contribution in [-0.4, -0.2) is 16.6 Å². The summed E-state index contributed by atoms with van der Waals surface area (Å²) in [5.41, 5.74) is 0. The van der Waals surface area contributed by atoms with Gasteiger partial charge in [0, 0.05) is 5.75 Å². The third kappa shape index (κ3) is 8.21. The number of hydrogen-bond acceptors (Lipinski definition) is 2. The molecule has 0 aliphatic carbocycles. The Balaban J connectivity index is 3.08. The predicted octanol–water partition coefficient (Wildman–Crippen LogP) is 2.66. The molecule has 3 heteroatoms. The Hall–Kier alpha value is 0.110. The highest BCUT2D eigenvalue weighted by Crippen LogP contribution is 2.01. The van der Waals surface area contributed by atoms with Gasteiger partial charge < -0.3 is 0 Å². The van der Waals surface area contributed by atoms with Crippen LogP contribution >= 0.6 is 0 Å². The van der Waals surface area contributed by atoms with Gasteiger partial charge >= 0.3 is 0 Å². The lowest BCUT2D eigenvalue weighted by Gasteiger charge is -2.00. The molecule has 0 aliphatic heterocycles. The Labute approximate surface area is 78.4 Å². The summed E-state index contributed by atoms with van der Waals surface area (Å²) in [5, 5.41) is 0. The van der Waals surface area contributed by atoms with Gasteiger partial charge in [0.2, 0.25) is 0 Å². The van der Waals surface area contributed by atoms with Crippen molar-refractivity contribution in [1.29, 1.82) is 0 Å². The second kappa shape index (κ2) is 9.20. The van der Waals surface area contributed by atoms with Crippen LogP contribution in [0.5, 0.6) is 0 Å². The molecule has 0 radical (unpaired) electrons. The molecule has 0 N–H and O–H groups in total. The summed E-state index contributed by atoms with van der Waals surface area (Å²) in [5.74, 6) is 0.708. The minimum Gasteiger partial charge on any atom is -0.291 e. The largest absolute Gasteiger partial charge is 0.291 e. The summed E-state index contributed by atoms with van der Waals surface area (Å²) in [6.45, 7) is 4.82. The quantitative estimate of drug-likeness (QED) is 0.553. The molecule has 0 amide bonds. The molecule has 2 nitrogen and oxygen atoms in total. The SMILES string of the molecule is CCCCCCS(=O)OCCC. The van der Waals surface area contributed by atoms with E-state index in [2.05, 4.69) is 6.92 Å². The molecule has 0 spiro atoms. The molecular weight excluding hydrogens is 172 g/mol. The van der Waals surface area contributed by atoms with Gasteiger partial charge in [0.05, 0.1) is 6.61 Å². The van der Waals surface area contributed by atoms with E-state index in [0.717, 1.165) is 12.8 Å². The highest BCUT2D eigenvalue weighted by molar-refractivity contribution is 7.80. The van der Waals surface area contributed by atoms with E-state index in [4.69, 9.17) is 4.18 Å². The van der Waals surface area contributed by atoms with E-state index < -0.39 is 11.1 Å². The van der Waals surface area contributed by atoms with E-state index in [9.17, 15) is 4.21 Å². The zero-order chi connectivity index (χ0) is 9.23. The second-order valence-electron chi connectivity index (χ2n) is 2.89. The van der Waals surface area contributed by atoms with Gasteiger partial charge in [-0.05, 0) is 12.8 Å². The Bertz CT molecular complexity index is 115. The van der Waals surface area contributed by atoms with Crippen LogP contribution in [0.25, 0.3) is 0 Å². The first-order valence-electron chi connectivity index (χ1n) is 4.82. The summed E-state index contributed by atoms with van der Waals surface area (Å²) in [7, 11) is 0. The van der Waals surface area contributed by atoms with Crippen molar-refractivity contribution in [3.63, 3.8) is 0 Å². The first-order valence-corrected chi connectivity index (χ1v) is 6.07. The summed E-state index contributed by atoms with van der Waals surface area (Å²) in [4.78, 5) is 0. The molecule has 0 aliphatic rings. The van der Waals surface area contributed by atoms with Crippen LogP contribution in [0.1, 0.15) is 46.0 Å². The van der Waals surface area contributed by atoms with Crippen LogP contribution in [0.3, 0.4) is 0 Å². The van der Waals surface area contributed by atoms with Gasteiger partial charge in [-0.1, -0.05) is 33.1 Å². The minimum absolute atomic E-state index is 0.625. The molecule has 0 bridgehead atoms. The summed E-state index contributed by atoms with van der Waals surface area (Å²) in [6.07, 6.45) is 5.62. The molecule has 1 unspecified atom stereocenters. The lowest BCUT2D eigenvalue weighted by molar-refractivity contribution is 0.346. The standard InChI is InChI=1S/C9H20O2S/c1-3-5-6-7-9-12(10)11-8-4-2/h3-9H2,1-2H3. The molecule has 0 heterocycles. The van der Waals surface area contributed by atoms with Gasteiger partial charge in [-0.2, -0.15) is 0 Å². The first-order chi connectivity index (χ1) is 5.81. The molecule has 0 saturated carbocycles. The second-order valence-corrected chi connectivity index (χ2v) is 4.14. The molecule has 0 fully saturated rings. The van der Waals surface area contributed by atoms with Crippen molar-refractivity contribution in [3.05, 3.63) is 0 Å². The van der Waals surface area contributed by atoms with Crippen LogP contribution in [0, 0.1) is 0 Å². The molecule has 74 valence electrons. The van der Waals surface area contributed by atoms with Gasteiger partial charge in [-0.15, -0.1) is 0 Å². The summed E-state index contributed by atoms with van der Waals surface area (Å²) < 4.78 is 16.1. The van der Waals surface area contributed by atoms with Crippen molar-refractivity contribution < 1.29 is 8.39 Å². The fourth-order valence-corrected chi connectivity index (χ4v) is 1.79. The van der Waals surface area contributed by atoms with Gasteiger partial charge in [0.1, 0.15) is 0 Å². The van der Waals surface area contributed by atoms with Gasteiger partial charge in [-0.3, -0.25) is 4.18 Å². The van der Waals surface area contributed by atoms with E-state index >= 15 is 0 Å². The van der Waals surface area contributed by atoms with Crippen LogP contribution in [-0.2, 0) is 15.3 Å². The maximum absolute atomic E-state index is 11.1. The van der Waals surface area contributed by atoms with Gasteiger partial charge in [0.25, 0.3) is 0 Å². The summed E-state index contributed by atoms with van der Waals surface area (Å²) in [6, 6.07) is 0. The van der Waals surface area contributed by atoms with E-state index in [1.165, 1.54) is 19.3 Å². The maximum Gasteiger partial charge on any atom is 0.155 e. The highest BCUT2D eigenvalue weighted by Gasteiger charge is 1.98. The molecular formula is C9H20O2S. The highest BCUT2D eigenvalue weighted by atomic mass is 32.2. The van der Waals surface area contributed by atoms with Crippen molar-refractivity contribution >= 4 is 11.1 Å². The lowest BCUT2D eigenvalue weighted by atomic mass is 10.2. The van der Waals surface area contributed by atoms with Crippen molar-refractivity contribution in [2.75, 3.05) is 12.4 Å². The molecule has 0 aromatic carbocycles. The van der Waals surface area contributed by atoms with Gasteiger partial charge in [0.15, 0.2) is 11.1 Å². The number of hydrogen-bond donors (Lipinski definition) is 0. The average Bonchev–Trinajstić information content (AvgIpc) is 2.09. The smallest absolute Gasteiger partial charge is 0.155 e. The first kappa shape index (κ1) is 12.1. The lowest BCUT2D eigenvalue weighted by Crippen LogP contribution is -2.03. The molecule has 0 aromatic heterocycles. The normalized spacial score (nSPS) is 13.2. The minimum atomic E-state index is -1.02. The molecule has 0 saturated heterocycles. The third-order valence-corrected chi connectivity index (χ3v) is 2.64. The van der Waals surface area contributed by atoms with Crippen LogP contribution in [0.2, 0.25) is 0 Å². The topological polar surface area (TPSA) is 26.3 Å². The Morgan fingerprint density at radius 2 is 1.83 bits per heavy atom. The Morgan fingerprint density at radius 3 is 2.42 bits per heavy atom. The zero-order valence-electron chi connectivity index (χ0n) is 8.17. The van der Waals surface area contributed by atoms with Crippen molar-refractivity contribution in [1.82, 2.24) is 0 Å². The van der Waals surface area contributed by atoms with Gasteiger partial charge in [-0.25, -0.2) is 4.21 Å². The fourth-order valence-electron chi connectivity index (χ4n) is 0.882. The van der Waals surface area contributed by atoms with E-state index in [1.54, 1.807) is 0 Å². The van der Waals surface area contributed by atoms with Crippen molar-refractivity contribution in [2.45, 2.75) is 46.0 Å². The zero-order valence-corrected chi connectivity index (χ0v) is 8.99. The van der Waals surface area contributed by atoms with Crippen LogP contribution in [0.4, 0.5) is 0 Å². The Morgan fingerprint density at radius 1 is 1.08 bits per heavy atom. The van der Waals surface area contributed by atoms with E-state index in [1.807, 2.05) is 6.92 Å². The molecule has 1 atom stereocenters. The van der Waals surface area contributed by atoms with E-state index in [0.29, 0.717) is 12.4 Å². The van der Waals surface area contributed by atoms with Crippen molar-refractivity contribution in [3.8, 4) is 0 Å². The molecule has 12 heavy (non-hydrogen) atoms. The monoisotopic (exact) mass is 192 g/mol. The Kier molecular flexibility index (Phi) is 9.28. The van der Waals surface area contributed by atoms with Crippen molar-refractivity contribution in [2.24, 2.45) is 0 Å². The maximum atomic E-state index is 11.1. The van der Waals surface area contributed by atoms with Crippen LogP contribution in [0.15, 0.2) is 0 Å². The third-order valence-electron chi connectivity index (χ3n) is 1.58. The van der Waals surface area contributed by atoms with E-state index in [-0.39, 0.29) is 0 Å².